The van der Waals surface area contributed by atoms with Crippen LogP contribution in [0.15, 0.2) is 48.5 Å². The van der Waals surface area contributed by atoms with Gasteiger partial charge in [-0.05, 0) is 18.2 Å². The molecule has 5 heteroatoms. The van der Waals surface area contributed by atoms with Crippen molar-refractivity contribution < 1.29 is 9.72 Å². The van der Waals surface area contributed by atoms with E-state index in [1.54, 1.807) is 36.2 Å². The third-order valence-electron chi connectivity index (χ3n) is 3.52. The largest absolute Gasteiger partial charge is 0.311 e. The SMILES string of the molecule is CN1C(=O)/C(=C/c2ccccc2[N+](=O)[O-])c2ccccc21. The van der Waals surface area contributed by atoms with E-state index in [0.29, 0.717) is 11.1 Å². The average molecular weight is 280 g/mol. The van der Waals surface area contributed by atoms with Crippen LogP contribution in [-0.4, -0.2) is 17.9 Å². The standard InChI is InChI=1S/C16H12N2O3/c1-17-15-9-5-3-7-12(15)13(16(17)19)10-11-6-2-4-8-14(11)18(20)21/h2-10H,1H3/b13-10+. The second-order valence-electron chi connectivity index (χ2n) is 4.76. The number of rotatable bonds is 2. The second kappa shape index (κ2) is 4.86. The first-order valence-corrected chi connectivity index (χ1v) is 6.42. The Balaban J connectivity index is 2.17. The summed E-state index contributed by atoms with van der Waals surface area (Å²) in [6.45, 7) is 0. The molecule has 1 aliphatic rings. The molecule has 0 aliphatic carbocycles. The van der Waals surface area contributed by atoms with Gasteiger partial charge in [-0.25, -0.2) is 0 Å². The van der Waals surface area contributed by atoms with Crippen molar-refractivity contribution >= 4 is 28.9 Å². The van der Waals surface area contributed by atoms with Gasteiger partial charge in [0, 0.05) is 18.7 Å². The average Bonchev–Trinajstić information content (AvgIpc) is 2.73. The lowest BCUT2D eigenvalue weighted by Crippen LogP contribution is -2.20. The summed E-state index contributed by atoms with van der Waals surface area (Å²) in [6.07, 6.45) is 1.59. The van der Waals surface area contributed by atoms with Crippen LogP contribution in [0.2, 0.25) is 0 Å². The summed E-state index contributed by atoms with van der Waals surface area (Å²) in [5.41, 5.74) is 2.50. The van der Waals surface area contributed by atoms with E-state index in [4.69, 9.17) is 0 Å². The van der Waals surface area contributed by atoms with E-state index in [1.807, 2.05) is 24.3 Å². The second-order valence-corrected chi connectivity index (χ2v) is 4.76. The molecule has 5 nitrogen and oxygen atoms in total. The summed E-state index contributed by atoms with van der Waals surface area (Å²) in [4.78, 5) is 24.5. The third kappa shape index (κ3) is 2.08. The highest BCUT2D eigenvalue weighted by molar-refractivity contribution is 6.35. The molecule has 0 unspecified atom stereocenters. The molecule has 0 atom stereocenters. The highest BCUT2D eigenvalue weighted by Gasteiger charge is 2.29. The van der Waals surface area contributed by atoms with Gasteiger partial charge in [0.15, 0.2) is 0 Å². The molecule has 1 aliphatic heterocycles. The number of anilines is 1. The van der Waals surface area contributed by atoms with E-state index in [2.05, 4.69) is 0 Å². The molecule has 0 N–H and O–H groups in total. The van der Waals surface area contributed by atoms with Crippen molar-refractivity contribution in [3.63, 3.8) is 0 Å². The third-order valence-corrected chi connectivity index (χ3v) is 3.52. The number of hydrogen-bond donors (Lipinski definition) is 0. The summed E-state index contributed by atoms with van der Waals surface area (Å²) >= 11 is 0. The Kier molecular flexibility index (Phi) is 3.02. The smallest absolute Gasteiger partial charge is 0.276 e. The lowest BCUT2D eigenvalue weighted by atomic mass is 10.0. The summed E-state index contributed by atoms with van der Waals surface area (Å²) in [5.74, 6) is -0.158. The molecule has 1 amide bonds. The molecule has 0 aromatic heterocycles. The van der Waals surface area contributed by atoms with Gasteiger partial charge in [0.05, 0.1) is 21.7 Å². The molecule has 0 radical (unpaired) electrons. The zero-order valence-electron chi connectivity index (χ0n) is 11.3. The molecule has 21 heavy (non-hydrogen) atoms. The van der Waals surface area contributed by atoms with Crippen LogP contribution in [0.4, 0.5) is 11.4 Å². The molecule has 2 aromatic rings. The van der Waals surface area contributed by atoms with E-state index in [1.165, 1.54) is 6.07 Å². The number of nitro groups is 1. The van der Waals surface area contributed by atoms with E-state index in [-0.39, 0.29) is 11.6 Å². The van der Waals surface area contributed by atoms with Gasteiger partial charge in [-0.3, -0.25) is 14.9 Å². The maximum absolute atomic E-state index is 12.3. The van der Waals surface area contributed by atoms with E-state index >= 15 is 0 Å². The van der Waals surface area contributed by atoms with Crippen molar-refractivity contribution in [1.29, 1.82) is 0 Å². The van der Waals surface area contributed by atoms with Gasteiger partial charge in [0.2, 0.25) is 0 Å². The highest BCUT2D eigenvalue weighted by atomic mass is 16.6. The predicted octanol–water partition coefficient (Wildman–Crippen LogP) is 3.11. The Morgan fingerprint density at radius 3 is 2.52 bits per heavy atom. The number of nitro benzene ring substituents is 1. The number of hydrogen-bond acceptors (Lipinski definition) is 3. The van der Waals surface area contributed by atoms with Crippen molar-refractivity contribution in [2.24, 2.45) is 0 Å². The van der Waals surface area contributed by atoms with Crippen LogP contribution in [0.3, 0.4) is 0 Å². The Labute approximate surface area is 121 Å². The van der Waals surface area contributed by atoms with Crippen LogP contribution in [0.5, 0.6) is 0 Å². The molecular formula is C16H12N2O3. The first kappa shape index (κ1) is 13.1. The molecule has 2 aromatic carbocycles. The minimum Gasteiger partial charge on any atom is -0.311 e. The normalized spacial score (nSPS) is 15.4. The van der Waals surface area contributed by atoms with Crippen LogP contribution >= 0.6 is 0 Å². The highest BCUT2D eigenvalue weighted by Crippen LogP contribution is 2.37. The number of fused-ring (bicyclic) bond motifs is 1. The molecule has 0 saturated heterocycles. The lowest BCUT2D eigenvalue weighted by Gasteiger charge is -2.07. The minimum atomic E-state index is -0.443. The molecule has 0 fully saturated rings. The summed E-state index contributed by atoms with van der Waals surface area (Å²) in [6, 6.07) is 13.8. The molecule has 0 saturated carbocycles. The molecule has 104 valence electrons. The number of nitrogens with zero attached hydrogens (tertiary/aromatic N) is 2. The monoisotopic (exact) mass is 280 g/mol. The van der Waals surface area contributed by atoms with Gasteiger partial charge in [-0.1, -0.05) is 30.3 Å². The van der Waals surface area contributed by atoms with Gasteiger partial charge in [0.25, 0.3) is 11.6 Å². The summed E-state index contributed by atoms with van der Waals surface area (Å²) in [7, 11) is 1.70. The number of carbonyl (C=O) groups excluding carboxylic acids is 1. The first-order valence-electron chi connectivity index (χ1n) is 6.42. The van der Waals surface area contributed by atoms with E-state index < -0.39 is 4.92 Å². The fourth-order valence-corrected chi connectivity index (χ4v) is 2.47. The van der Waals surface area contributed by atoms with Crippen LogP contribution in [0.25, 0.3) is 11.6 Å². The van der Waals surface area contributed by atoms with E-state index in [9.17, 15) is 14.9 Å². The van der Waals surface area contributed by atoms with Gasteiger partial charge < -0.3 is 4.90 Å². The quantitative estimate of drug-likeness (QED) is 0.482. The molecule has 0 bridgehead atoms. The molecular weight excluding hydrogens is 268 g/mol. The Morgan fingerprint density at radius 1 is 1.10 bits per heavy atom. The number of benzene rings is 2. The van der Waals surface area contributed by atoms with Crippen molar-refractivity contribution in [3.05, 3.63) is 69.8 Å². The summed E-state index contributed by atoms with van der Waals surface area (Å²) < 4.78 is 0. The maximum Gasteiger partial charge on any atom is 0.276 e. The van der Waals surface area contributed by atoms with Crippen LogP contribution < -0.4 is 4.90 Å². The van der Waals surface area contributed by atoms with Crippen molar-refractivity contribution in [1.82, 2.24) is 0 Å². The topological polar surface area (TPSA) is 63.5 Å². The Bertz CT molecular complexity index is 781. The Hall–Kier alpha value is -2.95. The van der Waals surface area contributed by atoms with Gasteiger partial charge >= 0.3 is 0 Å². The Morgan fingerprint density at radius 2 is 1.76 bits per heavy atom. The lowest BCUT2D eigenvalue weighted by molar-refractivity contribution is -0.385. The molecule has 3 rings (SSSR count). The van der Waals surface area contributed by atoms with Crippen LogP contribution in [-0.2, 0) is 4.79 Å². The van der Waals surface area contributed by atoms with Crippen LogP contribution in [0.1, 0.15) is 11.1 Å². The summed E-state index contributed by atoms with van der Waals surface area (Å²) in [5, 5.41) is 11.1. The number of carbonyl (C=O) groups is 1. The van der Waals surface area contributed by atoms with Crippen molar-refractivity contribution in [2.75, 3.05) is 11.9 Å². The number of likely N-dealkylation sites (N-methyl/N-ethyl adjacent to an activating group) is 1. The predicted molar refractivity (Wildman–Crippen MR) is 80.8 cm³/mol. The fraction of sp³-hybridized carbons (Fsp3) is 0.0625. The first-order chi connectivity index (χ1) is 10.1. The number of para-hydroxylation sites is 2. The number of amides is 1. The maximum atomic E-state index is 12.3. The minimum absolute atomic E-state index is 0.00941. The zero-order valence-corrected chi connectivity index (χ0v) is 11.3. The van der Waals surface area contributed by atoms with Crippen molar-refractivity contribution in [3.8, 4) is 0 Å². The van der Waals surface area contributed by atoms with Crippen molar-refractivity contribution in [2.45, 2.75) is 0 Å². The zero-order chi connectivity index (χ0) is 15.0. The molecule has 0 spiro atoms. The van der Waals surface area contributed by atoms with Gasteiger partial charge in [-0.2, -0.15) is 0 Å². The van der Waals surface area contributed by atoms with Gasteiger partial charge in [0.1, 0.15) is 0 Å². The van der Waals surface area contributed by atoms with Gasteiger partial charge in [-0.15, -0.1) is 0 Å². The van der Waals surface area contributed by atoms with E-state index in [0.717, 1.165) is 11.3 Å². The fourth-order valence-electron chi connectivity index (χ4n) is 2.47. The molecule has 1 heterocycles. The van der Waals surface area contributed by atoms with Crippen LogP contribution in [0, 0.1) is 10.1 Å².